The Morgan fingerprint density at radius 3 is 3.00 bits per heavy atom. The van der Waals surface area contributed by atoms with Gasteiger partial charge in [-0.25, -0.2) is 0 Å². The number of likely N-dealkylation sites (tertiary alicyclic amines) is 1. The molecule has 6 nitrogen and oxygen atoms in total. The summed E-state index contributed by atoms with van der Waals surface area (Å²) in [5, 5.41) is 5.71. The molecule has 4 rings (SSSR count). The van der Waals surface area contributed by atoms with E-state index in [2.05, 4.69) is 10.1 Å². The molecule has 0 radical (unpaired) electrons. The Balaban J connectivity index is 1.62. The predicted molar refractivity (Wildman–Crippen MR) is 95.6 cm³/mol. The minimum Gasteiger partial charge on any atom is -0.333 e. The quantitative estimate of drug-likeness (QED) is 0.798. The van der Waals surface area contributed by atoms with Crippen LogP contribution in [0.25, 0.3) is 10.8 Å². The maximum Gasteiger partial charge on any atom is 0.270 e. The van der Waals surface area contributed by atoms with E-state index in [9.17, 15) is 9.59 Å². The highest BCUT2D eigenvalue weighted by atomic mass is 16.2. The standard InChI is InChI=1S/C19H20N4O2/c1-13-10-20-22(11-13)12-15-6-4-8-23(15)19(25)17-9-14-5-2-3-7-16(14)18(24)21-17/h2-3,5,7,9-11,15H,4,6,8,12H2,1H3,(H,21,24)/t15-/m1/s1. The molecule has 3 heterocycles. The molecule has 1 aliphatic rings. The molecule has 1 aromatic carbocycles. The number of pyridine rings is 1. The van der Waals surface area contributed by atoms with Crippen molar-refractivity contribution in [3.05, 3.63) is 64.3 Å². The topological polar surface area (TPSA) is 71.0 Å². The lowest BCUT2D eigenvalue weighted by Crippen LogP contribution is -2.39. The van der Waals surface area contributed by atoms with Gasteiger partial charge in [0.1, 0.15) is 5.69 Å². The first-order valence-electron chi connectivity index (χ1n) is 8.54. The molecule has 1 fully saturated rings. The minimum absolute atomic E-state index is 0.0989. The van der Waals surface area contributed by atoms with Crippen molar-refractivity contribution in [2.24, 2.45) is 0 Å². The number of nitrogens with one attached hydrogen (secondary N) is 1. The number of hydrogen-bond donors (Lipinski definition) is 1. The van der Waals surface area contributed by atoms with E-state index in [-0.39, 0.29) is 17.5 Å². The van der Waals surface area contributed by atoms with E-state index in [0.717, 1.165) is 23.8 Å². The van der Waals surface area contributed by atoms with Crippen molar-refractivity contribution in [3.8, 4) is 0 Å². The largest absolute Gasteiger partial charge is 0.333 e. The number of hydrogen-bond acceptors (Lipinski definition) is 3. The normalized spacial score (nSPS) is 17.3. The summed E-state index contributed by atoms with van der Waals surface area (Å²) in [5.41, 5.74) is 1.24. The van der Waals surface area contributed by atoms with Gasteiger partial charge in [0.2, 0.25) is 0 Å². The monoisotopic (exact) mass is 336 g/mol. The Labute approximate surface area is 145 Å². The predicted octanol–water partition coefficient (Wildman–Crippen LogP) is 2.34. The van der Waals surface area contributed by atoms with Gasteiger partial charge in [0.25, 0.3) is 11.5 Å². The molecule has 0 aliphatic carbocycles. The van der Waals surface area contributed by atoms with E-state index >= 15 is 0 Å². The molecule has 3 aromatic rings. The minimum atomic E-state index is -0.222. The number of aromatic amines is 1. The summed E-state index contributed by atoms with van der Waals surface area (Å²) in [7, 11) is 0. The van der Waals surface area contributed by atoms with Crippen LogP contribution < -0.4 is 5.56 Å². The van der Waals surface area contributed by atoms with Crippen molar-refractivity contribution in [2.45, 2.75) is 32.4 Å². The van der Waals surface area contributed by atoms with Gasteiger partial charge in [0.05, 0.1) is 18.8 Å². The third-order valence-corrected chi connectivity index (χ3v) is 4.78. The zero-order valence-corrected chi connectivity index (χ0v) is 14.1. The number of aryl methyl sites for hydroxylation is 1. The number of aromatic nitrogens is 3. The van der Waals surface area contributed by atoms with Gasteiger partial charge in [0, 0.05) is 18.1 Å². The second kappa shape index (κ2) is 6.20. The van der Waals surface area contributed by atoms with Crippen molar-refractivity contribution in [2.75, 3.05) is 6.54 Å². The highest BCUT2D eigenvalue weighted by Gasteiger charge is 2.30. The van der Waals surface area contributed by atoms with E-state index in [0.29, 0.717) is 24.2 Å². The first-order chi connectivity index (χ1) is 12.1. The molecule has 0 saturated carbocycles. The number of carbonyl (C=O) groups is 1. The third-order valence-electron chi connectivity index (χ3n) is 4.78. The molecule has 6 heteroatoms. The molecular formula is C19H20N4O2. The number of H-pyrrole nitrogens is 1. The van der Waals surface area contributed by atoms with Crippen molar-refractivity contribution in [3.63, 3.8) is 0 Å². The van der Waals surface area contributed by atoms with Gasteiger partial charge >= 0.3 is 0 Å². The lowest BCUT2D eigenvalue weighted by molar-refractivity contribution is 0.0715. The molecule has 128 valence electrons. The molecule has 0 unspecified atom stereocenters. The van der Waals surface area contributed by atoms with Crippen molar-refractivity contribution >= 4 is 16.7 Å². The molecule has 1 saturated heterocycles. The summed E-state index contributed by atoms with van der Waals surface area (Å²) in [5.74, 6) is -0.116. The molecule has 2 aromatic heterocycles. The third kappa shape index (κ3) is 2.95. The van der Waals surface area contributed by atoms with Gasteiger partial charge < -0.3 is 9.88 Å². The molecule has 1 atom stereocenters. The van der Waals surface area contributed by atoms with E-state index in [1.54, 1.807) is 12.1 Å². The van der Waals surface area contributed by atoms with Crippen molar-refractivity contribution < 1.29 is 4.79 Å². The lowest BCUT2D eigenvalue weighted by atomic mass is 10.1. The number of rotatable bonds is 3. The number of fused-ring (bicyclic) bond motifs is 1. The van der Waals surface area contributed by atoms with E-state index in [4.69, 9.17) is 0 Å². The molecule has 1 aliphatic heterocycles. The van der Waals surface area contributed by atoms with E-state index in [1.165, 1.54) is 0 Å². The zero-order valence-electron chi connectivity index (χ0n) is 14.1. The fraction of sp³-hybridized carbons (Fsp3) is 0.316. The highest BCUT2D eigenvalue weighted by molar-refractivity contribution is 5.96. The highest BCUT2D eigenvalue weighted by Crippen LogP contribution is 2.22. The summed E-state index contributed by atoms with van der Waals surface area (Å²) in [6.45, 7) is 3.39. The van der Waals surface area contributed by atoms with Crippen LogP contribution >= 0.6 is 0 Å². The second-order valence-electron chi connectivity index (χ2n) is 6.63. The summed E-state index contributed by atoms with van der Waals surface area (Å²) in [6, 6.07) is 9.18. The first kappa shape index (κ1) is 15.6. The van der Waals surface area contributed by atoms with Crippen molar-refractivity contribution in [1.82, 2.24) is 19.7 Å². The summed E-state index contributed by atoms with van der Waals surface area (Å²) in [4.78, 5) is 29.8. The Morgan fingerprint density at radius 2 is 2.20 bits per heavy atom. The SMILES string of the molecule is Cc1cnn(C[C@H]2CCCN2C(=O)c2cc3ccccc3c(=O)[nH]2)c1. The van der Waals surface area contributed by atoms with Crippen LogP contribution in [0.2, 0.25) is 0 Å². The fourth-order valence-corrected chi connectivity index (χ4v) is 3.56. The molecule has 0 bridgehead atoms. The summed E-state index contributed by atoms with van der Waals surface area (Å²) < 4.78 is 1.88. The summed E-state index contributed by atoms with van der Waals surface area (Å²) in [6.07, 6.45) is 5.72. The van der Waals surface area contributed by atoms with E-state index in [1.807, 2.05) is 47.1 Å². The zero-order chi connectivity index (χ0) is 17.4. The van der Waals surface area contributed by atoms with Gasteiger partial charge in [-0.1, -0.05) is 18.2 Å². The Bertz CT molecular complexity index is 988. The molecule has 0 spiro atoms. The van der Waals surface area contributed by atoms with Crippen LogP contribution in [0.1, 0.15) is 28.9 Å². The van der Waals surface area contributed by atoms with Crippen LogP contribution in [0, 0.1) is 6.92 Å². The van der Waals surface area contributed by atoms with Gasteiger partial charge in [-0.3, -0.25) is 14.3 Å². The molecule has 1 amide bonds. The maximum atomic E-state index is 13.0. The lowest BCUT2D eigenvalue weighted by Gasteiger charge is -2.24. The van der Waals surface area contributed by atoms with Gasteiger partial charge in [-0.2, -0.15) is 5.10 Å². The van der Waals surface area contributed by atoms with Crippen LogP contribution in [-0.4, -0.2) is 38.2 Å². The molecule has 25 heavy (non-hydrogen) atoms. The Morgan fingerprint density at radius 1 is 1.36 bits per heavy atom. The fourth-order valence-electron chi connectivity index (χ4n) is 3.56. The van der Waals surface area contributed by atoms with Crippen LogP contribution in [-0.2, 0) is 6.54 Å². The average molecular weight is 336 g/mol. The second-order valence-corrected chi connectivity index (χ2v) is 6.63. The molecule has 1 N–H and O–H groups in total. The summed E-state index contributed by atoms with van der Waals surface area (Å²) >= 11 is 0. The number of nitrogens with zero attached hydrogens (tertiary/aromatic N) is 3. The van der Waals surface area contributed by atoms with Gasteiger partial charge in [-0.05, 0) is 42.8 Å². The average Bonchev–Trinajstić information content (AvgIpc) is 3.23. The first-order valence-corrected chi connectivity index (χ1v) is 8.54. The van der Waals surface area contributed by atoms with E-state index < -0.39 is 0 Å². The number of benzene rings is 1. The van der Waals surface area contributed by atoms with Gasteiger partial charge in [0.15, 0.2) is 0 Å². The van der Waals surface area contributed by atoms with Crippen LogP contribution in [0.15, 0.2) is 47.5 Å². The Hall–Kier alpha value is -2.89. The van der Waals surface area contributed by atoms with Crippen LogP contribution in [0.3, 0.4) is 0 Å². The number of carbonyl (C=O) groups excluding carboxylic acids is 1. The van der Waals surface area contributed by atoms with Gasteiger partial charge in [-0.15, -0.1) is 0 Å². The number of amides is 1. The van der Waals surface area contributed by atoms with Crippen LogP contribution in [0.5, 0.6) is 0 Å². The molecular weight excluding hydrogens is 316 g/mol. The maximum absolute atomic E-state index is 13.0. The van der Waals surface area contributed by atoms with Crippen molar-refractivity contribution in [1.29, 1.82) is 0 Å². The Kier molecular flexibility index (Phi) is 3.87. The van der Waals surface area contributed by atoms with Crippen LogP contribution in [0.4, 0.5) is 0 Å². The smallest absolute Gasteiger partial charge is 0.270 e.